The molecule has 0 unspecified atom stereocenters. The van der Waals surface area contributed by atoms with Crippen LogP contribution in [0.2, 0.25) is 0 Å². The van der Waals surface area contributed by atoms with Gasteiger partial charge in [-0.05, 0) is 30.7 Å². The van der Waals surface area contributed by atoms with Gasteiger partial charge in [0.1, 0.15) is 5.75 Å². The molecule has 0 saturated heterocycles. The average Bonchev–Trinajstić information content (AvgIpc) is 2.15. The zero-order valence-corrected chi connectivity index (χ0v) is 9.19. The Hall–Kier alpha value is -1.15. The average molecular weight is 212 g/mol. The number of benzene rings is 1. The largest absolute Gasteiger partial charge is 0.496 e. The third-order valence-corrected chi connectivity index (χ3v) is 2.01. The lowest BCUT2D eigenvalue weighted by Gasteiger charge is -2.08. The van der Waals surface area contributed by atoms with Crippen LogP contribution in [0.15, 0.2) is 29.8 Å². The zero-order valence-electron chi connectivity index (χ0n) is 8.43. The second kappa shape index (κ2) is 4.91. The highest BCUT2D eigenvalue weighted by Crippen LogP contribution is 2.21. The Morgan fingerprint density at radius 3 is 2.79 bits per heavy atom. The first-order valence-corrected chi connectivity index (χ1v) is 4.73. The van der Waals surface area contributed by atoms with Crippen molar-refractivity contribution in [2.75, 3.05) is 19.0 Å². The molecule has 0 saturated carbocycles. The van der Waals surface area contributed by atoms with Crippen molar-refractivity contribution in [3.63, 3.8) is 0 Å². The molecule has 0 atom stereocenters. The first-order chi connectivity index (χ1) is 6.63. The monoisotopic (exact) mass is 211 g/mol. The van der Waals surface area contributed by atoms with Crippen LogP contribution >= 0.6 is 11.6 Å². The van der Waals surface area contributed by atoms with E-state index < -0.39 is 0 Å². The molecule has 3 heteroatoms. The SMILES string of the molecule is C=C(Cl)CNc1ccc(OC)c(C)c1. The maximum Gasteiger partial charge on any atom is 0.121 e. The number of ether oxygens (including phenoxy) is 1. The molecule has 14 heavy (non-hydrogen) atoms. The van der Waals surface area contributed by atoms with Gasteiger partial charge in [-0.2, -0.15) is 0 Å². The number of methoxy groups -OCH3 is 1. The van der Waals surface area contributed by atoms with Crippen LogP contribution in [0.25, 0.3) is 0 Å². The summed E-state index contributed by atoms with van der Waals surface area (Å²) in [5, 5.41) is 3.74. The van der Waals surface area contributed by atoms with E-state index in [-0.39, 0.29) is 0 Å². The maximum absolute atomic E-state index is 5.64. The molecule has 0 aliphatic rings. The van der Waals surface area contributed by atoms with E-state index in [1.165, 1.54) is 0 Å². The molecule has 2 nitrogen and oxygen atoms in total. The standard InChI is InChI=1S/C11H14ClNO/c1-8-6-10(13-7-9(2)12)4-5-11(8)14-3/h4-6,13H,2,7H2,1,3H3. The van der Waals surface area contributed by atoms with Crippen LogP contribution in [-0.4, -0.2) is 13.7 Å². The van der Waals surface area contributed by atoms with E-state index in [0.29, 0.717) is 11.6 Å². The number of aryl methyl sites for hydroxylation is 1. The summed E-state index contributed by atoms with van der Waals surface area (Å²) in [5.41, 5.74) is 2.11. The van der Waals surface area contributed by atoms with E-state index >= 15 is 0 Å². The van der Waals surface area contributed by atoms with Crippen LogP contribution in [0, 0.1) is 6.92 Å². The summed E-state index contributed by atoms with van der Waals surface area (Å²) >= 11 is 5.64. The van der Waals surface area contributed by atoms with Gasteiger partial charge < -0.3 is 10.1 Å². The third-order valence-electron chi connectivity index (χ3n) is 1.88. The lowest BCUT2D eigenvalue weighted by atomic mass is 10.2. The van der Waals surface area contributed by atoms with Crippen LogP contribution in [0.1, 0.15) is 5.56 Å². The first kappa shape index (κ1) is 10.9. The summed E-state index contributed by atoms with van der Waals surface area (Å²) in [4.78, 5) is 0. The number of hydrogen-bond donors (Lipinski definition) is 1. The lowest BCUT2D eigenvalue weighted by molar-refractivity contribution is 0.412. The van der Waals surface area contributed by atoms with Gasteiger partial charge in [-0.1, -0.05) is 18.2 Å². The van der Waals surface area contributed by atoms with Gasteiger partial charge in [-0.3, -0.25) is 0 Å². The minimum absolute atomic E-state index is 0.577. The summed E-state index contributed by atoms with van der Waals surface area (Å²) in [6, 6.07) is 5.89. The molecule has 0 radical (unpaired) electrons. The normalized spacial score (nSPS) is 9.64. The zero-order chi connectivity index (χ0) is 10.6. The van der Waals surface area contributed by atoms with Gasteiger partial charge in [0.25, 0.3) is 0 Å². The number of hydrogen-bond acceptors (Lipinski definition) is 2. The highest BCUT2D eigenvalue weighted by molar-refractivity contribution is 6.29. The minimum Gasteiger partial charge on any atom is -0.496 e. The molecule has 1 rings (SSSR count). The second-order valence-corrected chi connectivity index (χ2v) is 3.59. The van der Waals surface area contributed by atoms with Crippen LogP contribution in [0.5, 0.6) is 5.75 Å². The summed E-state index contributed by atoms with van der Waals surface area (Å²) in [5.74, 6) is 0.889. The highest BCUT2D eigenvalue weighted by Gasteiger charge is 1.99. The van der Waals surface area contributed by atoms with Crippen molar-refractivity contribution in [3.05, 3.63) is 35.4 Å². The van der Waals surface area contributed by atoms with Gasteiger partial charge >= 0.3 is 0 Å². The molecule has 0 aliphatic carbocycles. The van der Waals surface area contributed by atoms with Crippen molar-refractivity contribution in [1.82, 2.24) is 0 Å². The van der Waals surface area contributed by atoms with Crippen LogP contribution in [0.4, 0.5) is 5.69 Å². The summed E-state index contributed by atoms with van der Waals surface area (Å²) < 4.78 is 5.15. The molecule has 0 spiro atoms. The Bertz CT molecular complexity index is 336. The number of halogens is 1. The van der Waals surface area contributed by atoms with Crippen molar-refractivity contribution in [1.29, 1.82) is 0 Å². The smallest absolute Gasteiger partial charge is 0.121 e. The Morgan fingerprint density at radius 2 is 2.29 bits per heavy atom. The van der Waals surface area contributed by atoms with E-state index in [0.717, 1.165) is 17.0 Å². The Labute approximate surface area is 89.5 Å². The minimum atomic E-state index is 0.577. The van der Waals surface area contributed by atoms with E-state index in [2.05, 4.69) is 11.9 Å². The van der Waals surface area contributed by atoms with Crippen molar-refractivity contribution >= 4 is 17.3 Å². The molecule has 76 valence electrons. The fraction of sp³-hybridized carbons (Fsp3) is 0.273. The van der Waals surface area contributed by atoms with E-state index in [4.69, 9.17) is 16.3 Å². The summed E-state index contributed by atoms with van der Waals surface area (Å²) in [7, 11) is 1.66. The highest BCUT2D eigenvalue weighted by atomic mass is 35.5. The van der Waals surface area contributed by atoms with Gasteiger partial charge in [0.15, 0.2) is 0 Å². The van der Waals surface area contributed by atoms with Gasteiger partial charge in [-0.15, -0.1) is 0 Å². The quantitative estimate of drug-likeness (QED) is 0.826. The predicted octanol–water partition coefficient (Wildman–Crippen LogP) is 3.17. The van der Waals surface area contributed by atoms with Crippen LogP contribution in [0.3, 0.4) is 0 Å². The van der Waals surface area contributed by atoms with Gasteiger partial charge in [-0.25, -0.2) is 0 Å². The molecule has 0 aromatic heterocycles. The predicted molar refractivity (Wildman–Crippen MR) is 61.2 cm³/mol. The Morgan fingerprint density at radius 1 is 1.57 bits per heavy atom. The van der Waals surface area contributed by atoms with Crippen LogP contribution in [-0.2, 0) is 0 Å². The molecular formula is C11H14ClNO. The Kier molecular flexibility index (Phi) is 3.84. The molecule has 0 amide bonds. The molecule has 1 N–H and O–H groups in total. The van der Waals surface area contributed by atoms with E-state index in [1.807, 2.05) is 25.1 Å². The van der Waals surface area contributed by atoms with E-state index in [1.54, 1.807) is 7.11 Å². The molecule has 1 aromatic carbocycles. The van der Waals surface area contributed by atoms with Gasteiger partial charge in [0.2, 0.25) is 0 Å². The van der Waals surface area contributed by atoms with E-state index in [9.17, 15) is 0 Å². The molecule has 0 heterocycles. The van der Waals surface area contributed by atoms with Crippen molar-refractivity contribution in [2.45, 2.75) is 6.92 Å². The van der Waals surface area contributed by atoms with Crippen LogP contribution < -0.4 is 10.1 Å². The fourth-order valence-corrected chi connectivity index (χ4v) is 1.25. The number of rotatable bonds is 4. The van der Waals surface area contributed by atoms with Crippen molar-refractivity contribution in [2.24, 2.45) is 0 Å². The first-order valence-electron chi connectivity index (χ1n) is 4.35. The topological polar surface area (TPSA) is 21.3 Å². The van der Waals surface area contributed by atoms with Gasteiger partial charge in [0, 0.05) is 10.7 Å². The second-order valence-electron chi connectivity index (χ2n) is 3.06. The third kappa shape index (κ3) is 2.96. The summed E-state index contributed by atoms with van der Waals surface area (Å²) in [6.07, 6.45) is 0. The molecule has 0 bridgehead atoms. The van der Waals surface area contributed by atoms with Crippen molar-refractivity contribution < 1.29 is 4.74 Å². The van der Waals surface area contributed by atoms with Crippen molar-refractivity contribution in [3.8, 4) is 5.75 Å². The fourth-order valence-electron chi connectivity index (χ4n) is 1.19. The molecule has 0 aliphatic heterocycles. The molecular weight excluding hydrogens is 198 g/mol. The molecule has 0 fully saturated rings. The lowest BCUT2D eigenvalue weighted by Crippen LogP contribution is -2.01. The number of nitrogens with one attached hydrogen (secondary N) is 1. The van der Waals surface area contributed by atoms with Gasteiger partial charge in [0.05, 0.1) is 13.7 Å². The molecule has 1 aromatic rings. The summed E-state index contributed by atoms with van der Waals surface area (Å²) in [6.45, 7) is 6.18. The number of anilines is 1. The Balaban J connectivity index is 2.71. The maximum atomic E-state index is 5.64.